The molecule has 2 aliphatic heterocycles. The van der Waals surface area contributed by atoms with Gasteiger partial charge in [-0.1, -0.05) is 64.9 Å². The van der Waals surface area contributed by atoms with Gasteiger partial charge < -0.3 is 4.74 Å². The van der Waals surface area contributed by atoms with Gasteiger partial charge in [0.15, 0.2) is 0 Å². The number of piperidine rings is 1. The number of benzene rings is 1. The zero-order valence-corrected chi connectivity index (χ0v) is 23.6. The predicted octanol–water partition coefficient (Wildman–Crippen LogP) is 6.37. The molecule has 1 aromatic carbocycles. The smallest absolute Gasteiger partial charge is 0.336 e. The lowest BCUT2D eigenvalue weighted by Crippen LogP contribution is -2.43. The first-order chi connectivity index (χ1) is 15.9. The van der Waals surface area contributed by atoms with E-state index in [4.69, 9.17) is 4.74 Å². The third-order valence-corrected chi connectivity index (χ3v) is 16.6. The van der Waals surface area contributed by atoms with Crippen molar-refractivity contribution in [1.82, 2.24) is 4.31 Å². The highest BCUT2D eigenvalue weighted by molar-refractivity contribution is 7.89. The van der Waals surface area contributed by atoms with Crippen LogP contribution in [0.5, 0.6) is 0 Å². The Morgan fingerprint density at radius 3 is 2.03 bits per heavy atom. The summed E-state index contributed by atoms with van der Waals surface area (Å²) in [6, 6.07) is 7.06. The summed E-state index contributed by atoms with van der Waals surface area (Å²) in [4.78, 5) is 12.6. The Bertz CT molecular complexity index is 1020. The summed E-state index contributed by atoms with van der Waals surface area (Å²) in [5.74, 6) is 0.823. The van der Waals surface area contributed by atoms with Gasteiger partial charge in [0.05, 0.1) is 13.0 Å². The van der Waals surface area contributed by atoms with Crippen molar-refractivity contribution in [2.24, 2.45) is 5.92 Å². The summed E-state index contributed by atoms with van der Waals surface area (Å²) in [5.41, 5.74) is 5.99. The van der Waals surface area contributed by atoms with E-state index in [1.807, 2.05) is 19.1 Å². The number of sulfonamides is 1. The molecule has 0 atom stereocenters. The van der Waals surface area contributed by atoms with Crippen molar-refractivity contribution in [3.8, 4) is 0 Å². The summed E-state index contributed by atoms with van der Waals surface area (Å²) in [6.07, 6.45) is 3.98. The van der Waals surface area contributed by atoms with Gasteiger partial charge in [-0.25, -0.2) is 13.2 Å². The average molecular weight is 504 g/mol. The van der Waals surface area contributed by atoms with Crippen LogP contribution < -0.4 is 0 Å². The minimum absolute atomic E-state index is 0.278. The number of nitrogens with zero attached hydrogens (tertiary/aromatic N) is 1. The quantitative estimate of drug-likeness (QED) is 0.305. The van der Waals surface area contributed by atoms with Crippen LogP contribution in [-0.4, -0.2) is 39.9 Å². The normalized spacial score (nSPS) is 20.0. The summed E-state index contributed by atoms with van der Waals surface area (Å²) in [5, 5.41) is 0. The number of aryl methyl sites for hydroxylation is 1. The number of rotatable bonds is 8. The first-order valence-electron chi connectivity index (χ1n) is 12.6. The molecule has 0 radical (unpaired) electrons. The minimum Gasteiger partial charge on any atom is -0.424 e. The van der Waals surface area contributed by atoms with Crippen LogP contribution in [0.25, 0.3) is 0 Å². The van der Waals surface area contributed by atoms with Crippen LogP contribution in [0.3, 0.4) is 0 Å². The molecule has 1 aromatic rings. The van der Waals surface area contributed by atoms with Gasteiger partial charge >= 0.3 is 5.97 Å². The zero-order valence-electron chi connectivity index (χ0n) is 21.8. The van der Waals surface area contributed by atoms with Crippen LogP contribution in [0.1, 0.15) is 66.4 Å². The summed E-state index contributed by atoms with van der Waals surface area (Å²) < 4.78 is 33.4. The number of allylic oxidation sites excluding steroid dienone is 1. The highest BCUT2D eigenvalue weighted by Crippen LogP contribution is 2.45. The van der Waals surface area contributed by atoms with Gasteiger partial charge in [-0.2, -0.15) is 4.31 Å². The molecule has 188 valence electrons. The summed E-state index contributed by atoms with van der Waals surface area (Å²) in [7, 11) is -5.34. The van der Waals surface area contributed by atoms with Crippen LogP contribution >= 0.6 is 0 Å². The SMILES string of the molecule is Cc1ccc(S(=O)(=O)N2CCC(CC3=CC(=O)O/C3=C\[Si](C(C)C)(C(C)C)C(C)C)CC2)cc1. The maximum Gasteiger partial charge on any atom is 0.336 e. The van der Waals surface area contributed by atoms with E-state index in [1.54, 1.807) is 22.5 Å². The topological polar surface area (TPSA) is 63.7 Å². The van der Waals surface area contributed by atoms with E-state index in [0.717, 1.165) is 36.2 Å². The summed E-state index contributed by atoms with van der Waals surface area (Å²) in [6.45, 7) is 16.8. The van der Waals surface area contributed by atoms with E-state index in [0.29, 0.717) is 40.5 Å². The van der Waals surface area contributed by atoms with Crippen LogP contribution in [0, 0.1) is 12.8 Å². The first-order valence-corrected chi connectivity index (χ1v) is 16.3. The van der Waals surface area contributed by atoms with Crippen molar-refractivity contribution in [2.75, 3.05) is 13.1 Å². The second-order valence-corrected chi connectivity index (χ2v) is 18.6. The largest absolute Gasteiger partial charge is 0.424 e. The molecule has 0 bridgehead atoms. The van der Waals surface area contributed by atoms with Crippen LogP contribution in [0.2, 0.25) is 16.6 Å². The molecular formula is C27H41NO4SSi. The van der Waals surface area contributed by atoms with E-state index in [9.17, 15) is 13.2 Å². The van der Waals surface area contributed by atoms with Crippen molar-refractivity contribution < 1.29 is 17.9 Å². The van der Waals surface area contributed by atoms with Crippen molar-refractivity contribution in [3.05, 3.63) is 52.9 Å². The van der Waals surface area contributed by atoms with Crippen molar-refractivity contribution in [1.29, 1.82) is 0 Å². The second-order valence-electron chi connectivity index (χ2n) is 10.9. The Morgan fingerprint density at radius 1 is 1.00 bits per heavy atom. The number of carbonyl (C=O) groups excluding carboxylic acids is 1. The van der Waals surface area contributed by atoms with Crippen LogP contribution in [-0.2, 0) is 19.6 Å². The second kappa shape index (κ2) is 10.5. The number of hydrogen-bond acceptors (Lipinski definition) is 4. The van der Waals surface area contributed by atoms with Gasteiger partial charge in [0, 0.05) is 24.7 Å². The number of carbonyl (C=O) groups is 1. The molecule has 0 aromatic heterocycles. The molecular weight excluding hydrogens is 462 g/mol. The third-order valence-electron chi connectivity index (χ3n) is 7.94. The first kappa shape index (κ1) is 26.9. The zero-order chi connectivity index (χ0) is 25.3. The Morgan fingerprint density at radius 2 is 1.53 bits per heavy atom. The van der Waals surface area contributed by atoms with Crippen molar-refractivity contribution in [2.45, 2.75) is 89.2 Å². The number of hydrogen-bond donors (Lipinski definition) is 0. The maximum atomic E-state index is 13.0. The average Bonchev–Trinajstić information content (AvgIpc) is 3.10. The molecule has 2 aliphatic rings. The number of esters is 1. The monoisotopic (exact) mass is 503 g/mol. The molecule has 2 heterocycles. The summed E-state index contributed by atoms with van der Waals surface area (Å²) >= 11 is 0. The van der Waals surface area contributed by atoms with E-state index < -0.39 is 18.1 Å². The molecule has 34 heavy (non-hydrogen) atoms. The molecule has 7 heteroatoms. The Labute approximate surface area is 207 Å². The van der Waals surface area contributed by atoms with Gasteiger partial charge in [0.25, 0.3) is 0 Å². The maximum absolute atomic E-state index is 13.0. The predicted molar refractivity (Wildman–Crippen MR) is 141 cm³/mol. The van der Waals surface area contributed by atoms with Crippen molar-refractivity contribution >= 4 is 24.1 Å². The fourth-order valence-corrected chi connectivity index (χ4v) is 13.1. The molecule has 5 nitrogen and oxygen atoms in total. The lowest BCUT2D eigenvalue weighted by Gasteiger charge is -2.41. The molecule has 3 rings (SSSR count). The van der Waals surface area contributed by atoms with Crippen molar-refractivity contribution in [3.63, 3.8) is 0 Å². The van der Waals surface area contributed by atoms with Gasteiger partial charge in [-0.15, -0.1) is 0 Å². The Hall–Kier alpha value is -1.70. The Balaban J connectivity index is 1.73. The highest BCUT2D eigenvalue weighted by atomic mass is 32.2. The van der Waals surface area contributed by atoms with E-state index >= 15 is 0 Å². The van der Waals surface area contributed by atoms with Gasteiger partial charge in [-0.3, -0.25) is 0 Å². The molecule has 0 saturated carbocycles. The molecule has 1 fully saturated rings. The number of ether oxygens (including phenoxy) is 1. The standard InChI is InChI=1S/C27H41NO4SSi/c1-19(2)34(20(3)4,21(5)6)18-26-24(17-27(29)32-26)16-23-12-14-28(15-13-23)33(30,31)25-10-8-22(7)9-11-25/h8-11,17-21,23H,12-16H2,1-7H3/b26-18-. The fraction of sp³-hybridized carbons (Fsp3) is 0.593. The van der Waals surface area contributed by atoms with E-state index in [1.165, 1.54) is 0 Å². The Kier molecular flexibility index (Phi) is 8.31. The molecule has 0 N–H and O–H groups in total. The lowest BCUT2D eigenvalue weighted by molar-refractivity contribution is -0.132. The molecule has 0 aliphatic carbocycles. The van der Waals surface area contributed by atoms with Crippen LogP contribution in [0.15, 0.2) is 52.3 Å². The number of cyclic esters (lactones) is 1. The van der Waals surface area contributed by atoms with Gasteiger partial charge in [0.2, 0.25) is 10.0 Å². The lowest BCUT2D eigenvalue weighted by atomic mass is 9.90. The van der Waals surface area contributed by atoms with Gasteiger partial charge in [0.1, 0.15) is 5.76 Å². The fourth-order valence-electron chi connectivity index (χ4n) is 5.95. The molecule has 0 unspecified atom stereocenters. The molecule has 0 spiro atoms. The highest BCUT2D eigenvalue weighted by Gasteiger charge is 2.42. The van der Waals surface area contributed by atoms with Gasteiger partial charge in [-0.05, 0) is 60.9 Å². The third kappa shape index (κ3) is 5.42. The molecule has 0 amide bonds. The van der Waals surface area contributed by atoms with E-state index in [-0.39, 0.29) is 5.97 Å². The molecule has 1 saturated heterocycles. The van der Waals surface area contributed by atoms with Crippen LogP contribution in [0.4, 0.5) is 0 Å². The van der Waals surface area contributed by atoms with E-state index in [2.05, 4.69) is 47.2 Å². The minimum atomic E-state index is -3.47.